The zero-order chi connectivity index (χ0) is 14.3. The number of hydrogen-bond donors (Lipinski definition) is 1. The van der Waals surface area contributed by atoms with Crippen molar-refractivity contribution in [2.45, 2.75) is 71.1 Å². The van der Waals surface area contributed by atoms with E-state index in [0.29, 0.717) is 13.0 Å². The van der Waals surface area contributed by atoms with E-state index in [2.05, 4.69) is 4.89 Å². The van der Waals surface area contributed by atoms with Gasteiger partial charge in [-0.15, -0.1) is 0 Å². The summed E-state index contributed by atoms with van der Waals surface area (Å²) in [5, 5.41) is 8.46. The minimum atomic E-state index is -0.731. The summed E-state index contributed by atoms with van der Waals surface area (Å²) in [5.74, 6) is -1.03. The second kappa shape index (κ2) is 13.3. The maximum absolute atomic E-state index is 11.2. The molecule has 0 radical (unpaired) electrons. The molecule has 5 nitrogen and oxygen atoms in total. The van der Waals surface area contributed by atoms with Crippen LogP contribution in [0.25, 0.3) is 0 Å². The Kier molecular flexibility index (Phi) is 12.6. The van der Waals surface area contributed by atoms with E-state index in [1.807, 2.05) is 6.92 Å². The Balaban J connectivity index is 3.16. The number of carboxylic acid groups (broad SMARTS) is 1. The SMILES string of the molecule is CCCCOOC(=O)CCCCCCCCC(=O)O. The number of aliphatic carboxylic acids is 1. The quantitative estimate of drug-likeness (QED) is 0.316. The standard InChI is InChI=1S/C14H26O5/c1-2-3-12-18-19-14(17)11-9-7-5-4-6-8-10-13(15)16/h2-12H2,1H3,(H,15,16). The third-order valence-electron chi connectivity index (χ3n) is 2.75. The first kappa shape index (κ1) is 17.9. The molecule has 0 saturated carbocycles. The topological polar surface area (TPSA) is 72.8 Å². The maximum Gasteiger partial charge on any atom is 0.342 e. The van der Waals surface area contributed by atoms with Crippen LogP contribution in [0.5, 0.6) is 0 Å². The normalized spacial score (nSPS) is 10.4. The first-order valence-corrected chi connectivity index (χ1v) is 7.21. The average Bonchev–Trinajstić information content (AvgIpc) is 2.37. The summed E-state index contributed by atoms with van der Waals surface area (Å²) in [6, 6.07) is 0. The fourth-order valence-electron chi connectivity index (χ4n) is 1.60. The highest BCUT2D eigenvalue weighted by atomic mass is 17.2. The second-order valence-corrected chi connectivity index (χ2v) is 4.65. The van der Waals surface area contributed by atoms with Gasteiger partial charge in [-0.05, 0) is 19.3 Å². The summed E-state index contributed by atoms with van der Waals surface area (Å²) in [4.78, 5) is 30.9. The number of unbranched alkanes of at least 4 members (excludes halogenated alkanes) is 6. The highest BCUT2D eigenvalue weighted by molar-refractivity contribution is 5.68. The molecule has 0 bridgehead atoms. The van der Waals surface area contributed by atoms with E-state index in [1.54, 1.807) is 0 Å². The number of carbonyl (C=O) groups excluding carboxylic acids is 1. The van der Waals surface area contributed by atoms with Crippen LogP contribution in [0.2, 0.25) is 0 Å². The molecule has 0 rings (SSSR count). The first-order valence-electron chi connectivity index (χ1n) is 7.21. The van der Waals surface area contributed by atoms with Crippen molar-refractivity contribution >= 4 is 11.9 Å². The Morgan fingerprint density at radius 3 is 2.05 bits per heavy atom. The largest absolute Gasteiger partial charge is 0.481 e. The molecule has 0 aliphatic carbocycles. The molecule has 5 heteroatoms. The van der Waals surface area contributed by atoms with E-state index in [0.717, 1.165) is 51.4 Å². The maximum atomic E-state index is 11.2. The Labute approximate surface area is 115 Å². The zero-order valence-corrected chi connectivity index (χ0v) is 11.9. The van der Waals surface area contributed by atoms with Gasteiger partial charge in [-0.1, -0.05) is 39.0 Å². The molecular formula is C14H26O5. The van der Waals surface area contributed by atoms with Gasteiger partial charge >= 0.3 is 11.9 Å². The van der Waals surface area contributed by atoms with E-state index in [-0.39, 0.29) is 12.4 Å². The molecule has 0 aliphatic heterocycles. The van der Waals surface area contributed by atoms with Crippen molar-refractivity contribution < 1.29 is 24.5 Å². The number of carboxylic acids is 1. The van der Waals surface area contributed by atoms with Gasteiger partial charge in [-0.25, -0.2) is 4.79 Å². The molecule has 0 saturated heterocycles. The predicted octanol–water partition coefficient (Wildman–Crippen LogP) is 3.47. The van der Waals surface area contributed by atoms with Crippen molar-refractivity contribution in [1.82, 2.24) is 0 Å². The van der Waals surface area contributed by atoms with Gasteiger partial charge in [0.25, 0.3) is 0 Å². The van der Waals surface area contributed by atoms with Crippen LogP contribution in [0.1, 0.15) is 71.1 Å². The summed E-state index contributed by atoms with van der Waals surface area (Å²) >= 11 is 0. The fraction of sp³-hybridized carbons (Fsp3) is 0.857. The number of carbonyl (C=O) groups is 2. The van der Waals surface area contributed by atoms with Crippen LogP contribution in [-0.4, -0.2) is 23.7 Å². The van der Waals surface area contributed by atoms with E-state index in [9.17, 15) is 9.59 Å². The summed E-state index contributed by atoms with van der Waals surface area (Å²) in [7, 11) is 0. The van der Waals surface area contributed by atoms with Crippen LogP contribution < -0.4 is 0 Å². The van der Waals surface area contributed by atoms with Crippen molar-refractivity contribution in [1.29, 1.82) is 0 Å². The van der Waals surface area contributed by atoms with Crippen LogP contribution in [-0.2, 0) is 19.4 Å². The van der Waals surface area contributed by atoms with Crippen LogP contribution >= 0.6 is 0 Å². The third-order valence-corrected chi connectivity index (χ3v) is 2.75. The molecular weight excluding hydrogens is 248 g/mol. The average molecular weight is 274 g/mol. The van der Waals surface area contributed by atoms with Gasteiger partial charge in [0.1, 0.15) is 0 Å². The van der Waals surface area contributed by atoms with Crippen molar-refractivity contribution in [2.24, 2.45) is 0 Å². The van der Waals surface area contributed by atoms with E-state index >= 15 is 0 Å². The summed E-state index contributed by atoms with van der Waals surface area (Å²) in [6.45, 7) is 2.51. The number of hydrogen-bond acceptors (Lipinski definition) is 4. The van der Waals surface area contributed by atoms with Gasteiger partial charge in [-0.2, -0.15) is 4.89 Å². The highest BCUT2D eigenvalue weighted by Gasteiger charge is 2.03. The fourth-order valence-corrected chi connectivity index (χ4v) is 1.60. The lowest BCUT2D eigenvalue weighted by Crippen LogP contribution is -2.06. The molecule has 0 aromatic carbocycles. The van der Waals surface area contributed by atoms with Crippen LogP contribution in [0, 0.1) is 0 Å². The van der Waals surface area contributed by atoms with Crippen LogP contribution in [0.15, 0.2) is 0 Å². The molecule has 0 aromatic rings. The first-order chi connectivity index (χ1) is 9.16. The minimum Gasteiger partial charge on any atom is -0.481 e. The molecule has 0 unspecified atom stereocenters. The molecule has 0 spiro atoms. The molecule has 1 N–H and O–H groups in total. The number of rotatable bonds is 13. The Hall–Kier alpha value is -1.10. The Morgan fingerprint density at radius 2 is 1.47 bits per heavy atom. The lowest BCUT2D eigenvalue weighted by atomic mass is 10.1. The van der Waals surface area contributed by atoms with Gasteiger partial charge < -0.3 is 5.11 Å². The van der Waals surface area contributed by atoms with Gasteiger partial charge in [0, 0.05) is 12.8 Å². The summed E-state index contributed by atoms with van der Waals surface area (Å²) in [5.41, 5.74) is 0. The molecule has 19 heavy (non-hydrogen) atoms. The monoisotopic (exact) mass is 274 g/mol. The molecule has 0 aromatic heterocycles. The van der Waals surface area contributed by atoms with Crippen molar-refractivity contribution in [3.63, 3.8) is 0 Å². The smallest absolute Gasteiger partial charge is 0.342 e. The van der Waals surface area contributed by atoms with E-state index in [1.165, 1.54) is 0 Å². The highest BCUT2D eigenvalue weighted by Crippen LogP contribution is 2.09. The van der Waals surface area contributed by atoms with Crippen molar-refractivity contribution in [2.75, 3.05) is 6.61 Å². The van der Waals surface area contributed by atoms with Gasteiger partial charge in [-0.3, -0.25) is 9.68 Å². The molecule has 0 atom stereocenters. The second-order valence-electron chi connectivity index (χ2n) is 4.65. The molecule has 0 heterocycles. The Morgan fingerprint density at radius 1 is 0.895 bits per heavy atom. The summed E-state index contributed by atoms with van der Waals surface area (Å²) < 4.78 is 0. The van der Waals surface area contributed by atoms with E-state index in [4.69, 9.17) is 9.99 Å². The predicted molar refractivity (Wildman–Crippen MR) is 71.5 cm³/mol. The molecule has 112 valence electrons. The van der Waals surface area contributed by atoms with Gasteiger partial charge in [0.2, 0.25) is 0 Å². The van der Waals surface area contributed by atoms with Crippen molar-refractivity contribution in [3.8, 4) is 0 Å². The lowest BCUT2D eigenvalue weighted by molar-refractivity contribution is -0.272. The third kappa shape index (κ3) is 14.8. The van der Waals surface area contributed by atoms with Crippen LogP contribution in [0.3, 0.4) is 0 Å². The van der Waals surface area contributed by atoms with Crippen molar-refractivity contribution in [3.05, 3.63) is 0 Å². The lowest BCUT2D eigenvalue weighted by Gasteiger charge is -2.03. The molecule has 0 fully saturated rings. The Bertz CT molecular complexity index is 240. The minimum absolute atomic E-state index is 0.251. The van der Waals surface area contributed by atoms with E-state index < -0.39 is 5.97 Å². The summed E-state index contributed by atoms with van der Waals surface area (Å²) in [6.07, 6.45) is 8.05. The van der Waals surface area contributed by atoms with Gasteiger partial charge in [0.05, 0.1) is 6.61 Å². The van der Waals surface area contributed by atoms with Crippen LogP contribution in [0.4, 0.5) is 0 Å². The van der Waals surface area contributed by atoms with Gasteiger partial charge in [0.15, 0.2) is 0 Å². The zero-order valence-electron chi connectivity index (χ0n) is 11.9. The molecule has 0 amide bonds. The molecule has 0 aliphatic rings.